The molecule has 2 aromatic rings. The molecule has 0 atom stereocenters. The number of rotatable bonds is 6. The fraction of sp³-hybridized carbons (Fsp3) is 0.600. The molecule has 2 rings (SSSR count). The quantitative estimate of drug-likeness (QED) is 0.283. The molecule has 0 bridgehead atoms. The Balaban J connectivity index is 0.00000684. The van der Waals surface area contributed by atoms with Crippen LogP contribution in [-0.4, -0.2) is 48.0 Å². The molecule has 0 radical (unpaired) electrons. The minimum atomic E-state index is -2.77. The molecule has 5 nitrogen and oxygen atoms in total. The predicted molar refractivity (Wildman–Crippen MR) is 158 cm³/mol. The topological polar surface area (TPSA) is 76.0 Å². The molecule has 0 amide bonds. The van der Waals surface area contributed by atoms with E-state index in [0.29, 0.717) is 11.5 Å². The number of benzene rings is 2. The van der Waals surface area contributed by atoms with E-state index in [1.807, 2.05) is 24.3 Å². The van der Waals surface area contributed by atoms with Crippen molar-refractivity contribution >= 4 is 46.0 Å². The van der Waals surface area contributed by atoms with Gasteiger partial charge < -0.3 is 19.3 Å². The molecule has 0 saturated heterocycles. The molecule has 0 aliphatic carbocycles. The van der Waals surface area contributed by atoms with Gasteiger partial charge in [0.1, 0.15) is 11.5 Å². The van der Waals surface area contributed by atoms with Crippen molar-refractivity contribution < 1.29 is 23.8 Å². The van der Waals surface area contributed by atoms with E-state index in [1.165, 1.54) is 0 Å². The van der Waals surface area contributed by atoms with Gasteiger partial charge in [0.15, 0.2) is 0 Å². The Morgan fingerprint density at radius 1 is 0.568 bits per heavy atom. The van der Waals surface area contributed by atoms with Crippen molar-refractivity contribution in [3.8, 4) is 11.5 Å². The minimum absolute atomic E-state index is 0. The Labute approximate surface area is 255 Å². The van der Waals surface area contributed by atoms with E-state index in [1.54, 1.807) is 0 Å². The van der Waals surface area contributed by atoms with E-state index in [2.05, 4.69) is 83.1 Å². The zero-order valence-electron chi connectivity index (χ0n) is 24.3. The van der Waals surface area contributed by atoms with Crippen molar-refractivity contribution in [2.45, 2.75) is 118 Å². The number of phenolic OH excluding ortho intramolecular Hbond substituents is 2. The second-order valence-corrected chi connectivity index (χ2v) is 15.0. The molecular formula is C30H49CaO5P. The van der Waals surface area contributed by atoms with Gasteiger partial charge in [0.25, 0.3) is 0 Å². The first-order chi connectivity index (χ1) is 16.1. The van der Waals surface area contributed by atoms with Crippen molar-refractivity contribution in [3.63, 3.8) is 0 Å². The molecule has 0 aliphatic heterocycles. The van der Waals surface area contributed by atoms with Gasteiger partial charge in [0, 0.05) is 0 Å². The van der Waals surface area contributed by atoms with E-state index < -0.39 is 8.25 Å². The summed E-state index contributed by atoms with van der Waals surface area (Å²) in [6.07, 6.45) is 0. The Morgan fingerprint density at radius 3 is 0.973 bits per heavy atom. The molecule has 2 aromatic carbocycles. The molecule has 0 saturated carbocycles. The van der Waals surface area contributed by atoms with Gasteiger partial charge in [-0.2, -0.15) is 0 Å². The third-order valence-corrected chi connectivity index (χ3v) is 7.04. The summed E-state index contributed by atoms with van der Waals surface area (Å²) >= 11 is 0. The third-order valence-electron chi connectivity index (χ3n) is 6.28. The molecule has 0 aliphatic rings. The Kier molecular flexibility index (Phi) is 11.5. The van der Waals surface area contributed by atoms with Gasteiger partial charge in [-0.15, -0.1) is 0 Å². The van der Waals surface area contributed by atoms with Crippen LogP contribution in [0.1, 0.15) is 116 Å². The maximum atomic E-state index is 12.7. The summed E-state index contributed by atoms with van der Waals surface area (Å²) < 4.78 is 24.0. The monoisotopic (exact) mass is 560 g/mol. The van der Waals surface area contributed by atoms with Gasteiger partial charge in [0.2, 0.25) is 0 Å². The van der Waals surface area contributed by atoms with Crippen LogP contribution in [-0.2, 0) is 48.5 Å². The summed E-state index contributed by atoms with van der Waals surface area (Å²) in [5.41, 5.74) is 4.02. The van der Waals surface area contributed by atoms with Crippen LogP contribution in [0.5, 0.6) is 11.5 Å². The van der Waals surface area contributed by atoms with Crippen LogP contribution >= 0.6 is 8.25 Å². The van der Waals surface area contributed by atoms with Crippen molar-refractivity contribution in [2.24, 2.45) is 0 Å². The molecule has 37 heavy (non-hydrogen) atoms. The van der Waals surface area contributed by atoms with Gasteiger partial charge in [0.05, 0.1) is 13.2 Å². The first-order valence-corrected chi connectivity index (χ1v) is 13.9. The molecule has 7 heteroatoms. The van der Waals surface area contributed by atoms with Crippen LogP contribution in [0.15, 0.2) is 24.3 Å². The number of phenols is 2. The second-order valence-electron chi connectivity index (χ2n) is 13.9. The van der Waals surface area contributed by atoms with E-state index in [0.717, 1.165) is 33.4 Å². The fourth-order valence-corrected chi connectivity index (χ4v) is 4.82. The molecule has 2 N–H and O–H groups in total. The number of hydrogen-bond donors (Lipinski definition) is 2. The average Bonchev–Trinajstić information content (AvgIpc) is 2.68. The first-order valence-electron chi connectivity index (χ1n) is 12.7. The van der Waals surface area contributed by atoms with E-state index >= 15 is 0 Å². The van der Waals surface area contributed by atoms with Crippen molar-refractivity contribution in [2.75, 3.05) is 0 Å². The Hall–Kier alpha value is -0.550. The summed E-state index contributed by atoms with van der Waals surface area (Å²) in [5, 5.41) is 21.8. The molecular weight excluding hydrogens is 511 g/mol. The van der Waals surface area contributed by atoms with E-state index in [9.17, 15) is 14.8 Å². The van der Waals surface area contributed by atoms with Crippen LogP contribution in [0.2, 0.25) is 0 Å². The van der Waals surface area contributed by atoms with Crippen LogP contribution in [0.25, 0.3) is 0 Å². The molecule has 206 valence electrons. The molecule has 0 unspecified atom stereocenters. The van der Waals surface area contributed by atoms with Crippen molar-refractivity contribution in [3.05, 3.63) is 57.6 Å². The van der Waals surface area contributed by atoms with Gasteiger partial charge in [-0.05, 0) is 79.3 Å². The van der Waals surface area contributed by atoms with Gasteiger partial charge in [-0.1, -0.05) is 83.1 Å². The average molecular weight is 561 g/mol. The number of hydrogen-bond acceptors (Lipinski definition) is 5. The SMILES string of the molecule is CC(C)(C)c1cc(CO[PH](=O)OCc2cc(C(C)(C)C)c(O)c(C(C)(C)C)c2)cc(C(C)(C)C)c1O.[CaH2]. The summed E-state index contributed by atoms with van der Waals surface area (Å²) in [7, 11) is -2.77. The van der Waals surface area contributed by atoms with E-state index in [-0.39, 0.29) is 72.6 Å². The zero-order valence-corrected chi connectivity index (χ0v) is 25.3. The van der Waals surface area contributed by atoms with Crippen LogP contribution in [0, 0.1) is 0 Å². The summed E-state index contributed by atoms with van der Waals surface area (Å²) in [6.45, 7) is 24.9. The number of aromatic hydroxyl groups is 2. The first kappa shape index (κ1) is 34.5. The standard InChI is InChI=1S/C30H47O5P.Ca.2H/c1-27(2,3)21-13-19(14-22(25(21)31)28(4,5)6)17-34-36(33)35-18-20-15-23(29(7,8)9)26(32)24(16-20)30(10,11)12;;;/h13-16,31-32,36H,17-18H2,1-12H3;;;. The molecule has 0 heterocycles. The predicted octanol–water partition coefficient (Wildman–Crippen LogP) is 7.49. The summed E-state index contributed by atoms with van der Waals surface area (Å²) in [5.74, 6) is 0.610. The third kappa shape index (κ3) is 9.26. The molecule has 0 aromatic heterocycles. The Morgan fingerprint density at radius 2 is 0.784 bits per heavy atom. The van der Waals surface area contributed by atoms with Crippen molar-refractivity contribution in [1.29, 1.82) is 0 Å². The Bertz CT molecular complexity index is 955. The van der Waals surface area contributed by atoms with Gasteiger partial charge in [-0.25, -0.2) is 0 Å². The zero-order chi connectivity index (χ0) is 27.9. The summed E-state index contributed by atoms with van der Waals surface area (Å²) in [6, 6.07) is 7.69. The summed E-state index contributed by atoms with van der Waals surface area (Å²) in [4.78, 5) is 0. The van der Waals surface area contributed by atoms with Crippen molar-refractivity contribution in [1.82, 2.24) is 0 Å². The second kappa shape index (κ2) is 12.3. The fourth-order valence-electron chi connectivity index (χ4n) is 4.17. The van der Waals surface area contributed by atoms with Crippen LogP contribution < -0.4 is 0 Å². The molecule has 0 spiro atoms. The maximum absolute atomic E-state index is 12.7. The van der Waals surface area contributed by atoms with Gasteiger partial charge in [-0.3, -0.25) is 4.57 Å². The normalized spacial score (nSPS) is 13.1. The van der Waals surface area contributed by atoms with E-state index in [4.69, 9.17) is 9.05 Å². The van der Waals surface area contributed by atoms with Crippen LogP contribution in [0.3, 0.4) is 0 Å². The van der Waals surface area contributed by atoms with Crippen LogP contribution in [0.4, 0.5) is 0 Å². The molecule has 0 fully saturated rings. The van der Waals surface area contributed by atoms with Gasteiger partial charge >= 0.3 is 46.0 Å².